The van der Waals surface area contributed by atoms with Crippen LogP contribution in [0, 0.1) is 20.8 Å². The molecule has 0 N–H and O–H groups in total. The van der Waals surface area contributed by atoms with Crippen molar-refractivity contribution in [2.24, 2.45) is 5.11 Å². The van der Waals surface area contributed by atoms with Gasteiger partial charge in [0.1, 0.15) is 5.69 Å². The summed E-state index contributed by atoms with van der Waals surface area (Å²) in [6, 6.07) is 3.86. The number of fused-ring (bicyclic) bond motifs is 1. The van der Waals surface area contributed by atoms with Crippen LogP contribution < -0.4 is 0 Å². The maximum atomic E-state index is 13.1. The molecule has 0 saturated heterocycles. The monoisotopic (exact) mass is 572 g/mol. The highest BCUT2D eigenvalue weighted by Gasteiger charge is 2.37. The molecule has 1 aromatic carbocycles. The Balaban J connectivity index is 2.12. The molecule has 2 heterocycles. The first-order valence-electron chi connectivity index (χ1n) is 13.4. The van der Waals surface area contributed by atoms with E-state index in [0.717, 1.165) is 45.4 Å². The topological polar surface area (TPSA) is 107 Å². The number of carbonyl (C=O) groups is 1. The third-order valence-corrected chi connectivity index (χ3v) is 12.8. The predicted octanol–water partition coefficient (Wildman–Crippen LogP) is 7.98. The number of benzene rings is 1. The van der Waals surface area contributed by atoms with Gasteiger partial charge in [0.15, 0.2) is 8.32 Å². The number of carbonyl (C=O) groups excluding carboxylic acids is 1. The van der Waals surface area contributed by atoms with E-state index >= 15 is 0 Å². The van der Waals surface area contributed by atoms with Gasteiger partial charge in [-0.2, -0.15) is 5.10 Å². The molecule has 9 nitrogen and oxygen atoms in total. The van der Waals surface area contributed by atoms with Gasteiger partial charge in [0.05, 0.1) is 23.5 Å². The van der Waals surface area contributed by atoms with E-state index in [4.69, 9.17) is 31.4 Å². The average Bonchev–Trinajstić information content (AvgIpc) is 3.30. The van der Waals surface area contributed by atoms with E-state index in [2.05, 4.69) is 43.9 Å². The average molecular weight is 573 g/mol. The van der Waals surface area contributed by atoms with Crippen molar-refractivity contribution in [2.75, 3.05) is 20.3 Å². The molecular formula is C28H41ClN6O3Si. The quantitative estimate of drug-likeness (QED) is 0.0579. The van der Waals surface area contributed by atoms with E-state index in [9.17, 15) is 4.79 Å². The third kappa shape index (κ3) is 6.19. The molecule has 0 bridgehead atoms. The number of aryl methyl sites for hydroxylation is 4. The molecule has 0 aliphatic rings. The number of methoxy groups -OCH3 is 1. The number of nitrogens with zero attached hydrogens (tertiary/aromatic N) is 6. The Morgan fingerprint density at radius 1 is 1.15 bits per heavy atom. The van der Waals surface area contributed by atoms with Gasteiger partial charge >= 0.3 is 5.97 Å². The van der Waals surface area contributed by atoms with Gasteiger partial charge in [-0.3, -0.25) is 4.68 Å². The number of hydrogen-bond donors (Lipinski definition) is 0. The Bertz CT molecular complexity index is 1410. The van der Waals surface area contributed by atoms with Crippen LogP contribution in [0.4, 0.5) is 0 Å². The molecule has 3 aromatic rings. The summed E-state index contributed by atoms with van der Waals surface area (Å²) in [5.41, 5.74) is 14.6. The summed E-state index contributed by atoms with van der Waals surface area (Å²) in [6.45, 7) is 19.3. The summed E-state index contributed by atoms with van der Waals surface area (Å²) in [7, 11) is -0.468. The molecule has 0 radical (unpaired) electrons. The normalized spacial score (nSPS) is 12.2. The fourth-order valence-corrected chi connectivity index (χ4v) is 6.02. The van der Waals surface area contributed by atoms with Gasteiger partial charge in [-0.05, 0) is 80.5 Å². The fourth-order valence-electron chi connectivity index (χ4n) is 4.69. The summed E-state index contributed by atoms with van der Waals surface area (Å²) in [5, 5.41) is 10.0. The van der Waals surface area contributed by atoms with Crippen molar-refractivity contribution in [1.29, 1.82) is 0 Å². The number of aromatic nitrogens is 3. The lowest BCUT2D eigenvalue weighted by molar-refractivity contribution is 0.0587. The lowest BCUT2D eigenvalue weighted by Crippen LogP contribution is -2.41. The maximum Gasteiger partial charge on any atom is 0.354 e. The Hall–Kier alpha value is -2.78. The minimum Gasteiger partial charge on any atom is -0.464 e. The van der Waals surface area contributed by atoms with Crippen LogP contribution in [0.15, 0.2) is 17.2 Å². The second-order valence-corrected chi connectivity index (χ2v) is 16.7. The van der Waals surface area contributed by atoms with Gasteiger partial charge in [-0.1, -0.05) is 37.5 Å². The van der Waals surface area contributed by atoms with Crippen LogP contribution in [0.3, 0.4) is 0 Å². The zero-order valence-electron chi connectivity index (χ0n) is 24.7. The molecule has 0 atom stereocenters. The SMILES string of the molecule is COC(=O)c1c(C)c2c(-c3c(C)c(C)nn3CCCN=[N+]=[N-])c(Cl)ccc2n1CCCO[Si](C)(C)C(C)(C)C. The van der Waals surface area contributed by atoms with Crippen LogP contribution in [-0.2, 0) is 22.3 Å². The van der Waals surface area contributed by atoms with Crippen molar-refractivity contribution in [3.63, 3.8) is 0 Å². The van der Waals surface area contributed by atoms with Gasteiger partial charge in [-0.25, -0.2) is 4.79 Å². The highest BCUT2D eigenvalue weighted by molar-refractivity contribution is 6.74. The summed E-state index contributed by atoms with van der Waals surface area (Å²) in [6.07, 6.45) is 1.40. The zero-order chi connectivity index (χ0) is 29.1. The molecule has 0 aliphatic heterocycles. The first kappa shape index (κ1) is 30.8. The van der Waals surface area contributed by atoms with E-state index in [-0.39, 0.29) is 11.0 Å². The molecule has 0 saturated carbocycles. The lowest BCUT2D eigenvalue weighted by atomic mass is 9.99. The number of azide groups is 1. The lowest BCUT2D eigenvalue weighted by Gasteiger charge is -2.36. The number of hydrogen-bond acceptors (Lipinski definition) is 5. The summed E-state index contributed by atoms with van der Waals surface area (Å²) >= 11 is 6.89. The highest BCUT2D eigenvalue weighted by Crippen LogP contribution is 2.42. The van der Waals surface area contributed by atoms with Crippen molar-refractivity contribution < 1.29 is 14.0 Å². The van der Waals surface area contributed by atoms with Gasteiger partial charge in [0.25, 0.3) is 0 Å². The molecular weight excluding hydrogens is 532 g/mol. The van der Waals surface area contributed by atoms with E-state index in [1.165, 1.54) is 7.11 Å². The van der Waals surface area contributed by atoms with Gasteiger partial charge in [0.2, 0.25) is 0 Å². The van der Waals surface area contributed by atoms with Crippen molar-refractivity contribution >= 4 is 36.8 Å². The van der Waals surface area contributed by atoms with Crippen LogP contribution in [0.5, 0.6) is 0 Å². The minimum atomic E-state index is -1.88. The van der Waals surface area contributed by atoms with E-state index in [1.54, 1.807) is 0 Å². The first-order valence-corrected chi connectivity index (χ1v) is 16.6. The Kier molecular flexibility index (Phi) is 9.59. The van der Waals surface area contributed by atoms with Crippen molar-refractivity contribution in [2.45, 2.75) is 85.6 Å². The van der Waals surface area contributed by atoms with Gasteiger partial charge in [0, 0.05) is 47.6 Å². The number of esters is 1. The van der Waals surface area contributed by atoms with E-state index in [0.29, 0.717) is 43.4 Å². The van der Waals surface area contributed by atoms with E-state index < -0.39 is 8.32 Å². The Morgan fingerprint density at radius 3 is 2.46 bits per heavy atom. The Labute approximate surface area is 237 Å². The second kappa shape index (κ2) is 12.2. The Morgan fingerprint density at radius 2 is 1.85 bits per heavy atom. The van der Waals surface area contributed by atoms with Crippen molar-refractivity contribution in [1.82, 2.24) is 14.3 Å². The van der Waals surface area contributed by atoms with Crippen molar-refractivity contribution in [3.8, 4) is 11.3 Å². The van der Waals surface area contributed by atoms with Crippen LogP contribution in [-0.4, -0.2) is 48.9 Å². The number of rotatable bonds is 11. The highest BCUT2D eigenvalue weighted by atomic mass is 35.5. The smallest absolute Gasteiger partial charge is 0.354 e. The molecule has 0 aliphatic carbocycles. The van der Waals surface area contributed by atoms with Gasteiger partial charge in [-0.15, -0.1) is 0 Å². The number of ether oxygens (including phenoxy) is 1. The summed E-state index contributed by atoms with van der Waals surface area (Å²) < 4.78 is 15.6. The molecule has 11 heteroatoms. The second-order valence-electron chi connectivity index (χ2n) is 11.5. The maximum absolute atomic E-state index is 13.1. The van der Waals surface area contributed by atoms with Crippen LogP contribution >= 0.6 is 11.6 Å². The minimum absolute atomic E-state index is 0.131. The van der Waals surface area contributed by atoms with Gasteiger partial charge < -0.3 is 13.7 Å². The zero-order valence-corrected chi connectivity index (χ0v) is 26.4. The van der Waals surface area contributed by atoms with Crippen LogP contribution in [0.25, 0.3) is 32.6 Å². The third-order valence-electron chi connectivity index (χ3n) is 7.95. The largest absolute Gasteiger partial charge is 0.464 e. The molecule has 0 unspecified atom stereocenters. The fraction of sp³-hybridized carbons (Fsp3) is 0.571. The van der Waals surface area contributed by atoms with Crippen LogP contribution in [0.1, 0.15) is 60.9 Å². The summed E-state index contributed by atoms with van der Waals surface area (Å²) in [4.78, 5) is 15.9. The molecule has 0 amide bonds. The standard InChI is InChI=1S/C28H41ClN6O3Si/c1-18-20(3)32-35(16-10-14-31-33-30)25(18)24-21(29)12-13-22-23(24)19(2)26(27(36)37-7)34(22)15-11-17-38-39(8,9)28(4,5)6/h12-13H,10-11,14-17H2,1-9H3. The van der Waals surface area contributed by atoms with Crippen molar-refractivity contribution in [3.05, 3.63) is 50.1 Å². The van der Waals surface area contributed by atoms with E-state index in [1.807, 2.05) is 42.2 Å². The summed E-state index contributed by atoms with van der Waals surface area (Å²) in [5.74, 6) is -0.383. The predicted molar refractivity (Wildman–Crippen MR) is 160 cm³/mol. The molecule has 39 heavy (non-hydrogen) atoms. The first-order chi connectivity index (χ1) is 18.3. The molecule has 0 fully saturated rings. The van der Waals surface area contributed by atoms with Crippen LogP contribution in [0.2, 0.25) is 23.2 Å². The number of halogens is 1. The molecule has 3 rings (SSSR count). The molecule has 2 aromatic heterocycles. The molecule has 212 valence electrons. The molecule has 0 spiro atoms.